The summed E-state index contributed by atoms with van der Waals surface area (Å²) in [6, 6.07) is 5.30. The van der Waals surface area contributed by atoms with Crippen molar-refractivity contribution in [3.05, 3.63) is 36.4 Å². The minimum Gasteiger partial charge on any atom is -0.493 e. The maximum atomic E-state index is 11.7. The summed E-state index contributed by atoms with van der Waals surface area (Å²) in [6.07, 6.45) is 7.07. The number of amides is 2. The lowest BCUT2D eigenvalue weighted by atomic mass is 10.2. The van der Waals surface area contributed by atoms with Crippen LogP contribution in [0.5, 0.6) is 11.5 Å². The number of hydrazone groups is 1. The Morgan fingerprint density at radius 2 is 2.04 bits per heavy atom. The van der Waals surface area contributed by atoms with Crippen LogP contribution in [-0.4, -0.2) is 37.8 Å². The Morgan fingerprint density at radius 3 is 2.72 bits per heavy atom. The van der Waals surface area contributed by atoms with Gasteiger partial charge in [-0.2, -0.15) is 5.10 Å². The van der Waals surface area contributed by atoms with E-state index in [9.17, 15) is 9.59 Å². The number of hydrogen-bond acceptors (Lipinski definition) is 5. The second kappa shape index (κ2) is 9.46. The molecule has 1 aliphatic carbocycles. The first-order chi connectivity index (χ1) is 12.1. The summed E-state index contributed by atoms with van der Waals surface area (Å²) in [5, 5.41) is 6.51. The topological polar surface area (TPSA) is 89.0 Å². The molecule has 0 aromatic heterocycles. The molecule has 1 saturated carbocycles. The normalized spacial score (nSPS) is 14.3. The van der Waals surface area contributed by atoms with Gasteiger partial charge in [0, 0.05) is 6.04 Å². The third-order valence-electron chi connectivity index (χ3n) is 3.82. The summed E-state index contributed by atoms with van der Waals surface area (Å²) in [7, 11) is 1.53. The van der Waals surface area contributed by atoms with Crippen LogP contribution >= 0.6 is 0 Å². The van der Waals surface area contributed by atoms with Gasteiger partial charge in [-0.25, -0.2) is 5.43 Å². The monoisotopic (exact) mass is 345 g/mol. The number of carbonyl (C=O) groups is 2. The van der Waals surface area contributed by atoms with Crippen LogP contribution in [0.2, 0.25) is 0 Å². The molecule has 0 spiro atoms. The molecule has 0 heterocycles. The lowest BCUT2D eigenvalue weighted by Crippen LogP contribution is -2.42. The van der Waals surface area contributed by atoms with E-state index < -0.39 is 11.8 Å². The van der Waals surface area contributed by atoms with Gasteiger partial charge in [-0.3, -0.25) is 9.59 Å². The Hall–Kier alpha value is -2.83. The SMILES string of the molecule is C=CCOc1ccc(/C=N\NC(=O)C(=O)NC2CCCC2)cc1OC. The standard InChI is InChI=1S/C18H23N3O4/c1-3-10-25-15-9-8-13(11-16(15)24-2)12-19-21-18(23)17(22)20-14-6-4-5-7-14/h3,8-9,11-12,14H,1,4-7,10H2,2H3,(H,20,22)(H,21,23)/b19-12-. The van der Waals surface area contributed by atoms with E-state index in [0.717, 1.165) is 25.7 Å². The molecule has 7 heteroatoms. The largest absolute Gasteiger partial charge is 0.493 e. The smallest absolute Gasteiger partial charge is 0.329 e. The second-order valence-electron chi connectivity index (χ2n) is 5.66. The lowest BCUT2D eigenvalue weighted by molar-refractivity contribution is -0.139. The number of hydrogen-bond donors (Lipinski definition) is 2. The summed E-state index contributed by atoms with van der Waals surface area (Å²) >= 11 is 0. The maximum Gasteiger partial charge on any atom is 0.329 e. The molecule has 0 unspecified atom stereocenters. The van der Waals surface area contributed by atoms with Gasteiger partial charge in [0.2, 0.25) is 0 Å². The summed E-state index contributed by atoms with van der Waals surface area (Å²) in [5.41, 5.74) is 2.92. The number of nitrogens with zero attached hydrogens (tertiary/aromatic N) is 1. The Labute approximate surface area is 147 Å². The van der Waals surface area contributed by atoms with Crippen LogP contribution in [0, 0.1) is 0 Å². The Bertz CT molecular complexity index is 652. The number of nitrogens with one attached hydrogen (secondary N) is 2. The Balaban J connectivity index is 1.88. The van der Waals surface area contributed by atoms with E-state index in [0.29, 0.717) is 23.7 Å². The van der Waals surface area contributed by atoms with E-state index in [2.05, 4.69) is 22.4 Å². The molecule has 2 amide bonds. The summed E-state index contributed by atoms with van der Waals surface area (Å²) < 4.78 is 10.7. The Morgan fingerprint density at radius 1 is 1.28 bits per heavy atom. The fourth-order valence-electron chi connectivity index (χ4n) is 2.57. The quantitative estimate of drug-likeness (QED) is 0.341. The van der Waals surface area contributed by atoms with Crippen LogP contribution < -0.4 is 20.2 Å². The molecule has 0 radical (unpaired) electrons. The van der Waals surface area contributed by atoms with Gasteiger partial charge in [0.25, 0.3) is 0 Å². The zero-order valence-electron chi connectivity index (χ0n) is 14.3. The van der Waals surface area contributed by atoms with E-state index in [-0.39, 0.29) is 6.04 Å². The molecule has 0 bridgehead atoms. The van der Waals surface area contributed by atoms with Gasteiger partial charge < -0.3 is 14.8 Å². The molecule has 7 nitrogen and oxygen atoms in total. The van der Waals surface area contributed by atoms with Crippen LogP contribution in [0.25, 0.3) is 0 Å². The molecule has 2 rings (SSSR count). The Kier molecular flexibility index (Phi) is 7.00. The van der Waals surface area contributed by atoms with Crippen LogP contribution in [0.4, 0.5) is 0 Å². The van der Waals surface area contributed by atoms with Gasteiger partial charge in [0.15, 0.2) is 11.5 Å². The van der Waals surface area contributed by atoms with Gasteiger partial charge in [-0.15, -0.1) is 0 Å². The zero-order valence-corrected chi connectivity index (χ0v) is 14.3. The van der Waals surface area contributed by atoms with Gasteiger partial charge in [0.1, 0.15) is 6.61 Å². The van der Waals surface area contributed by atoms with E-state index in [1.54, 1.807) is 24.3 Å². The van der Waals surface area contributed by atoms with Crippen molar-refractivity contribution in [1.82, 2.24) is 10.7 Å². The fourth-order valence-corrected chi connectivity index (χ4v) is 2.57. The highest BCUT2D eigenvalue weighted by atomic mass is 16.5. The third-order valence-corrected chi connectivity index (χ3v) is 3.82. The van der Waals surface area contributed by atoms with Crippen molar-refractivity contribution in [2.75, 3.05) is 13.7 Å². The molecule has 0 saturated heterocycles. The third kappa shape index (κ3) is 5.63. The molecular weight excluding hydrogens is 322 g/mol. The molecule has 0 atom stereocenters. The van der Waals surface area contributed by atoms with Crippen LogP contribution in [0.15, 0.2) is 36.0 Å². The van der Waals surface area contributed by atoms with Crippen LogP contribution in [0.3, 0.4) is 0 Å². The zero-order chi connectivity index (χ0) is 18.1. The first-order valence-electron chi connectivity index (χ1n) is 8.19. The van der Waals surface area contributed by atoms with Crippen LogP contribution in [0.1, 0.15) is 31.2 Å². The first kappa shape index (κ1) is 18.5. The van der Waals surface area contributed by atoms with Crippen molar-refractivity contribution < 1.29 is 19.1 Å². The summed E-state index contributed by atoms with van der Waals surface area (Å²) in [6.45, 7) is 3.96. The van der Waals surface area contributed by atoms with Crippen molar-refractivity contribution in [3.8, 4) is 11.5 Å². The van der Waals surface area contributed by atoms with Crippen molar-refractivity contribution in [1.29, 1.82) is 0 Å². The fraction of sp³-hybridized carbons (Fsp3) is 0.389. The van der Waals surface area contributed by atoms with E-state index >= 15 is 0 Å². The van der Waals surface area contributed by atoms with E-state index in [4.69, 9.17) is 9.47 Å². The minimum absolute atomic E-state index is 0.0922. The second-order valence-corrected chi connectivity index (χ2v) is 5.66. The minimum atomic E-state index is -0.777. The molecule has 1 aromatic carbocycles. The highest BCUT2D eigenvalue weighted by molar-refractivity contribution is 6.35. The predicted molar refractivity (Wildman–Crippen MR) is 94.8 cm³/mol. The lowest BCUT2D eigenvalue weighted by Gasteiger charge is -2.10. The van der Waals surface area contributed by atoms with Crippen molar-refractivity contribution in [3.63, 3.8) is 0 Å². The van der Waals surface area contributed by atoms with Crippen molar-refractivity contribution in [2.24, 2.45) is 5.10 Å². The average molecular weight is 345 g/mol. The molecule has 1 aliphatic rings. The predicted octanol–water partition coefficient (Wildman–Crippen LogP) is 1.77. The summed E-state index contributed by atoms with van der Waals surface area (Å²) in [4.78, 5) is 23.5. The molecule has 1 fully saturated rings. The molecule has 2 N–H and O–H groups in total. The van der Waals surface area contributed by atoms with Gasteiger partial charge in [0.05, 0.1) is 13.3 Å². The number of ether oxygens (including phenoxy) is 2. The average Bonchev–Trinajstić information content (AvgIpc) is 3.13. The summed E-state index contributed by atoms with van der Waals surface area (Å²) in [5.74, 6) is -0.313. The highest BCUT2D eigenvalue weighted by Gasteiger charge is 2.20. The number of methoxy groups -OCH3 is 1. The van der Waals surface area contributed by atoms with E-state index in [1.807, 2.05) is 0 Å². The van der Waals surface area contributed by atoms with Crippen molar-refractivity contribution in [2.45, 2.75) is 31.7 Å². The van der Waals surface area contributed by atoms with E-state index in [1.165, 1.54) is 13.3 Å². The van der Waals surface area contributed by atoms with Gasteiger partial charge in [-0.1, -0.05) is 25.5 Å². The molecule has 134 valence electrons. The molecule has 1 aromatic rings. The van der Waals surface area contributed by atoms with Crippen molar-refractivity contribution >= 4 is 18.0 Å². The van der Waals surface area contributed by atoms with Crippen LogP contribution in [-0.2, 0) is 9.59 Å². The highest BCUT2D eigenvalue weighted by Crippen LogP contribution is 2.27. The number of rotatable bonds is 7. The molecular formula is C18H23N3O4. The maximum absolute atomic E-state index is 11.7. The van der Waals surface area contributed by atoms with Gasteiger partial charge >= 0.3 is 11.8 Å². The molecule has 0 aliphatic heterocycles. The number of carbonyl (C=O) groups excluding carboxylic acids is 2. The van der Waals surface area contributed by atoms with Gasteiger partial charge in [-0.05, 0) is 36.6 Å². The number of benzene rings is 1. The molecule has 25 heavy (non-hydrogen) atoms. The first-order valence-corrected chi connectivity index (χ1v) is 8.19.